The summed E-state index contributed by atoms with van der Waals surface area (Å²) < 4.78 is 13.7. The molecule has 2 aromatic rings. The predicted molar refractivity (Wildman–Crippen MR) is 105 cm³/mol. The van der Waals surface area contributed by atoms with E-state index in [1.54, 1.807) is 6.07 Å². The van der Waals surface area contributed by atoms with E-state index in [2.05, 4.69) is 5.32 Å². The Kier molecular flexibility index (Phi) is 7.09. The van der Waals surface area contributed by atoms with E-state index in [1.807, 2.05) is 43.0 Å². The molecule has 0 spiro atoms. The highest BCUT2D eigenvalue weighted by atomic mass is 19.1. The van der Waals surface area contributed by atoms with Gasteiger partial charge >= 0.3 is 0 Å². The van der Waals surface area contributed by atoms with E-state index in [9.17, 15) is 14.4 Å². The third-order valence-electron chi connectivity index (χ3n) is 4.16. The third-order valence-corrected chi connectivity index (χ3v) is 4.16. The van der Waals surface area contributed by atoms with E-state index < -0.39 is 11.7 Å². The first-order chi connectivity index (χ1) is 13.0. The molecule has 0 aromatic heterocycles. The molecule has 6 heteroatoms. The normalized spacial score (nSPS) is 11.0. The van der Waals surface area contributed by atoms with Crippen molar-refractivity contribution in [2.75, 3.05) is 29.9 Å². The van der Waals surface area contributed by atoms with Gasteiger partial charge in [-0.1, -0.05) is 18.2 Å². The van der Waals surface area contributed by atoms with Crippen molar-refractivity contribution in [1.29, 1.82) is 5.26 Å². The molecular formula is C21H22FN3O2. The van der Waals surface area contributed by atoms with Crippen molar-refractivity contribution in [1.82, 2.24) is 0 Å². The summed E-state index contributed by atoms with van der Waals surface area (Å²) >= 11 is 0. The number of para-hydroxylation sites is 1. The number of benzene rings is 2. The lowest BCUT2D eigenvalue weighted by Crippen LogP contribution is -2.26. The third kappa shape index (κ3) is 5.16. The number of nitrogens with zero attached hydrogens (tertiary/aromatic N) is 2. The summed E-state index contributed by atoms with van der Waals surface area (Å²) in [5.74, 6) is -1.23. The van der Waals surface area contributed by atoms with Crippen molar-refractivity contribution in [3.05, 3.63) is 65.0 Å². The molecule has 140 valence electrons. The van der Waals surface area contributed by atoms with Gasteiger partial charge in [0, 0.05) is 18.8 Å². The fourth-order valence-electron chi connectivity index (χ4n) is 2.67. The monoisotopic (exact) mass is 367 g/mol. The van der Waals surface area contributed by atoms with E-state index in [-0.39, 0.29) is 17.9 Å². The van der Waals surface area contributed by atoms with Crippen LogP contribution in [0.3, 0.4) is 0 Å². The number of halogens is 1. The topological polar surface area (TPSA) is 76.4 Å². The second kappa shape index (κ2) is 9.51. The molecule has 2 N–H and O–H groups in total. The van der Waals surface area contributed by atoms with Gasteiger partial charge in [-0.05, 0) is 55.3 Å². The molecule has 0 saturated heterocycles. The number of carbonyl (C=O) groups excluding carboxylic acids is 1. The number of nitrogens with one attached hydrogen (secondary N) is 1. The number of hydrogen-bond acceptors (Lipinski definition) is 4. The van der Waals surface area contributed by atoms with Crippen LogP contribution in [0.1, 0.15) is 18.1 Å². The maximum absolute atomic E-state index is 13.7. The van der Waals surface area contributed by atoms with E-state index >= 15 is 0 Å². The van der Waals surface area contributed by atoms with Crippen LogP contribution in [0, 0.1) is 24.1 Å². The van der Waals surface area contributed by atoms with Crippen LogP contribution in [-0.2, 0) is 4.79 Å². The lowest BCUT2D eigenvalue weighted by Gasteiger charge is -2.22. The summed E-state index contributed by atoms with van der Waals surface area (Å²) in [6.45, 7) is 5.22. The number of aliphatic hydroxyl groups excluding tert-OH is 1. The standard InChI is InChI=1S/C21H22FN3O2/c1-3-25(10-11-26)18-9-8-16(15(2)12-18)13-17(14-23)21(27)24-20-7-5-4-6-19(20)22/h4-9,12-13,26H,3,10-11H2,1-2H3,(H,24,27)/b17-13+. The van der Waals surface area contributed by atoms with Gasteiger partial charge in [-0.3, -0.25) is 4.79 Å². The van der Waals surface area contributed by atoms with Crippen LogP contribution in [0.15, 0.2) is 48.0 Å². The smallest absolute Gasteiger partial charge is 0.266 e. The van der Waals surface area contributed by atoms with Gasteiger partial charge in [0.05, 0.1) is 12.3 Å². The van der Waals surface area contributed by atoms with Crippen LogP contribution in [0.5, 0.6) is 0 Å². The fraction of sp³-hybridized carbons (Fsp3) is 0.238. The highest BCUT2D eigenvalue weighted by Gasteiger charge is 2.13. The molecule has 0 heterocycles. The number of nitriles is 1. The SMILES string of the molecule is CCN(CCO)c1ccc(/C=C(\C#N)C(=O)Nc2ccccc2F)c(C)c1. The number of aryl methyl sites for hydroxylation is 1. The van der Waals surface area contributed by atoms with Crippen LogP contribution in [0.2, 0.25) is 0 Å². The first-order valence-electron chi connectivity index (χ1n) is 8.64. The lowest BCUT2D eigenvalue weighted by molar-refractivity contribution is -0.112. The maximum atomic E-state index is 13.7. The molecule has 1 amide bonds. The summed E-state index contributed by atoms with van der Waals surface area (Å²) in [5.41, 5.74) is 2.47. The number of hydrogen-bond donors (Lipinski definition) is 2. The molecule has 5 nitrogen and oxygen atoms in total. The zero-order valence-electron chi connectivity index (χ0n) is 15.4. The molecular weight excluding hydrogens is 345 g/mol. The van der Waals surface area contributed by atoms with Crippen molar-refractivity contribution in [3.8, 4) is 6.07 Å². The van der Waals surface area contributed by atoms with Gasteiger partial charge in [-0.25, -0.2) is 4.39 Å². The number of rotatable bonds is 7. The Hall–Kier alpha value is -3.17. The molecule has 0 radical (unpaired) electrons. The van der Waals surface area contributed by atoms with Gasteiger partial charge in [-0.15, -0.1) is 0 Å². The van der Waals surface area contributed by atoms with Crippen LogP contribution in [0.4, 0.5) is 15.8 Å². The van der Waals surface area contributed by atoms with Gasteiger partial charge in [0.15, 0.2) is 0 Å². The molecule has 0 aliphatic heterocycles. The second-order valence-corrected chi connectivity index (χ2v) is 5.95. The molecule has 0 aliphatic rings. The maximum Gasteiger partial charge on any atom is 0.266 e. The molecule has 27 heavy (non-hydrogen) atoms. The van der Waals surface area contributed by atoms with Gasteiger partial charge in [0.1, 0.15) is 17.5 Å². The van der Waals surface area contributed by atoms with Gasteiger partial charge < -0.3 is 15.3 Å². The second-order valence-electron chi connectivity index (χ2n) is 5.95. The molecule has 0 fully saturated rings. The van der Waals surface area contributed by atoms with E-state index in [0.717, 1.165) is 23.4 Å². The summed E-state index contributed by atoms with van der Waals surface area (Å²) in [6.07, 6.45) is 1.48. The number of likely N-dealkylation sites (N-methyl/N-ethyl adjacent to an activating group) is 1. The number of anilines is 2. The Labute approximate surface area is 158 Å². The minimum absolute atomic E-state index is 0.0262. The summed E-state index contributed by atoms with van der Waals surface area (Å²) in [6, 6.07) is 13.3. The summed E-state index contributed by atoms with van der Waals surface area (Å²) in [5, 5.41) is 20.9. The quantitative estimate of drug-likeness (QED) is 0.580. The van der Waals surface area contributed by atoms with Crippen molar-refractivity contribution in [3.63, 3.8) is 0 Å². The zero-order valence-corrected chi connectivity index (χ0v) is 15.4. The Balaban J connectivity index is 2.25. The average Bonchev–Trinajstić information content (AvgIpc) is 2.66. The van der Waals surface area contributed by atoms with Gasteiger partial charge in [0.2, 0.25) is 0 Å². The first-order valence-corrected chi connectivity index (χ1v) is 8.64. The van der Waals surface area contributed by atoms with E-state index in [1.165, 1.54) is 24.3 Å². The van der Waals surface area contributed by atoms with Crippen molar-refractivity contribution < 1.29 is 14.3 Å². The van der Waals surface area contributed by atoms with Crippen molar-refractivity contribution in [2.24, 2.45) is 0 Å². The van der Waals surface area contributed by atoms with Crippen molar-refractivity contribution >= 4 is 23.4 Å². The average molecular weight is 367 g/mol. The molecule has 0 unspecified atom stereocenters. The first kappa shape index (κ1) is 20.1. The molecule has 0 saturated carbocycles. The Bertz CT molecular complexity index is 887. The lowest BCUT2D eigenvalue weighted by atomic mass is 10.0. The van der Waals surface area contributed by atoms with Crippen LogP contribution in [-0.4, -0.2) is 30.7 Å². The Morgan fingerprint density at radius 3 is 2.67 bits per heavy atom. The molecule has 2 rings (SSSR count). The minimum atomic E-state index is -0.665. The van der Waals surface area contributed by atoms with E-state index in [0.29, 0.717) is 6.54 Å². The van der Waals surface area contributed by atoms with Crippen LogP contribution in [0.25, 0.3) is 6.08 Å². The zero-order chi connectivity index (χ0) is 19.8. The number of aliphatic hydroxyl groups is 1. The number of amides is 1. The fourth-order valence-corrected chi connectivity index (χ4v) is 2.67. The Morgan fingerprint density at radius 1 is 1.33 bits per heavy atom. The highest BCUT2D eigenvalue weighted by molar-refractivity contribution is 6.09. The Morgan fingerprint density at radius 2 is 2.07 bits per heavy atom. The highest BCUT2D eigenvalue weighted by Crippen LogP contribution is 2.22. The minimum Gasteiger partial charge on any atom is -0.395 e. The van der Waals surface area contributed by atoms with Gasteiger partial charge in [-0.2, -0.15) is 5.26 Å². The van der Waals surface area contributed by atoms with Crippen LogP contribution < -0.4 is 10.2 Å². The molecule has 2 aromatic carbocycles. The van der Waals surface area contributed by atoms with Crippen LogP contribution >= 0.6 is 0 Å². The largest absolute Gasteiger partial charge is 0.395 e. The summed E-state index contributed by atoms with van der Waals surface area (Å²) in [4.78, 5) is 14.3. The van der Waals surface area contributed by atoms with Gasteiger partial charge in [0.25, 0.3) is 5.91 Å². The number of carbonyl (C=O) groups is 1. The molecule has 0 bridgehead atoms. The van der Waals surface area contributed by atoms with Crippen molar-refractivity contribution in [2.45, 2.75) is 13.8 Å². The molecule has 0 aliphatic carbocycles. The predicted octanol–water partition coefficient (Wildman–Crippen LogP) is 3.50. The molecule has 0 atom stereocenters. The summed E-state index contributed by atoms with van der Waals surface area (Å²) in [7, 11) is 0. The van der Waals surface area contributed by atoms with E-state index in [4.69, 9.17) is 5.11 Å².